The van der Waals surface area contributed by atoms with Crippen LogP contribution in [0.15, 0.2) is 68.0 Å². The number of allylic oxidation sites excluding steroid dienone is 2. The van der Waals surface area contributed by atoms with Gasteiger partial charge in [-0.2, -0.15) is 0 Å². The Kier molecular flexibility index (Phi) is 7.36. The Labute approximate surface area is 182 Å². The van der Waals surface area contributed by atoms with Crippen molar-refractivity contribution in [3.05, 3.63) is 64.7 Å². The van der Waals surface area contributed by atoms with Crippen molar-refractivity contribution in [2.24, 2.45) is 0 Å². The Hall–Kier alpha value is -2.83. The first-order valence-corrected chi connectivity index (χ1v) is 10.5. The summed E-state index contributed by atoms with van der Waals surface area (Å²) in [5.41, 5.74) is 1.40. The smallest absolute Gasteiger partial charge is 0.336 e. The Morgan fingerprint density at radius 1 is 1.19 bits per heavy atom. The molecular weight excluding hydrogens is 396 g/mol. The number of benzene rings is 1. The van der Waals surface area contributed by atoms with Gasteiger partial charge in [0.15, 0.2) is 6.29 Å². The monoisotopic (exact) mass is 426 g/mol. The molecule has 0 bridgehead atoms. The standard InChI is InChI=1S/C25H30O6/c1-6-27-18(3)31-25(4,5)13-7-8-17(2)11-14-29-24-19-9-10-23(26)30-22(19)16-21-20(24)12-15-28-21/h7,9-13,15-16,18H,6,8,14H2,1-5H3. The first kappa shape index (κ1) is 22.8. The van der Waals surface area contributed by atoms with Crippen molar-refractivity contribution >= 4 is 21.9 Å². The van der Waals surface area contributed by atoms with Gasteiger partial charge in [-0.15, -0.1) is 0 Å². The molecule has 6 nitrogen and oxygen atoms in total. The van der Waals surface area contributed by atoms with Gasteiger partial charge in [0.25, 0.3) is 0 Å². The highest BCUT2D eigenvalue weighted by molar-refractivity contribution is 6.01. The molecule has 3 rings (SSSR count). The number of ether oxygens (including phenoxy) is 3. The fourth-order valence-corrected chi connectivity index (χ4v) is 3.38. The highest BCUT2D eigenvalue weighted by Crippen LogP contribution is 2.35. The zero-order valence-electron chi connectivity index (χ0n) is 18.8. The van der Waals surface area contributed by atoms with Crippen LogP contribution < -0.4 is 10.4 Å². The van der Waals surface area contributed by atoms with Crippen LogP contribution in [0.2, 0.25) is 0 Å². The summed E-state index contributed by atoms with van der Waals surface area (Å²) in [5, 5.41) is 1.58. The second kappa shape index (κ2) is 9.98. The lowest BCUT2D eigenvalue weighted by molar-refractivity contribution is -0.173. The molecule has 0 radical (unpaired) electrons. The molecule has 2 heterocycles. The maximum Gasteiger partial charge on any atom is 0.336 e. The lowest BCUT2D eigenvalue weighted by Gasteiger charge is -2.26. The van der Waals surface area contributed by atoms with E-state index in [2.05, 4.69) is 13.0 Å². The highest BCUT2D eigenvalue weighted by atomic mass is 16.7. The van der Waals surface area contributed by atoms with Crippen molar-refractivity contribution in [1.82, 2.24) is 0 Å². The van der Waals surface area contributed by atoms with E-state index in [9.17, 15) is 4.79 Å². The van der Waals surface area contributed by atoms with Crippen molar-refractivity contribution in [3.63, 3.8) is 0 Å². The average Bonchev–Trinajstić information content (AvgIpc) is 3.15. The normalized spacial score (nSPS) is 14.0. The minimum atomic E-state index is -0.412. The zero-order valence-corrected chi connectivity index (χ0v) is 18.8. The fourth-order valence-electron chi connectivity index (χ4n) is 3.38. The maximum atomic E-state index is 11.6. The number of hydrogen-bond donors (Lipinski definition) is 0. The third-order valence-electron chi connectivity index (χ3n) is 4.80. The predicted octanol–water partition coefficient (Wildman–Crippen LogP) is 5.99. The molecule has 3 aromatic rings. The van der Waals surface area contributed by atoms with Crippen LogP contribution in [0.5, 0.6) is 5.75 Å². The van der Waals surface area contributed by atoms with Gasteiger partial charge < -0.3 is 23.0 Å². The first-order valence-electron chi connectivity index (χ1n) is 10.5. The van der Waals surface area contributed by atoms with Crippen LogP contribution in [-0.4, -0.2) is 25.1 Å². The lowest BCUT2D eigenvalue weighted by atomic mass is 10.1. The summed E-state index contributed by atoms with van der Waals surface area (Å²) in [6.07, 6.45) is 8.29. The number of rotatable bonds is 10. The molecule has 1 aromatic carbocycles. The molecule has 0 fully saturated rings. The number of hydrogen-bond acceptors (Lipinski definition) is 6. The first-order chi connectivity index (χ1) is 14.8. The van der Waals surface area contributed by atoms with Gasteiger partial charge in [0.05, 0.1) is 22.6 Å². The van der Waals surface area contributed by atoms with E-state index in [1.807, 2.05) is 45.9 Å². The Balaban J connectivity index is 1.65. The molecule has 0 aliphatic carbocycles. The summed E-state index contributed by atoms with van der Waals surface area (Å²) in [5.74, 6) is 0.643. The van der Waals surface area contributed by atoms with Crippen LogP contribution in [0.25, 0.3) is 21.9 Å². The van der Waals surface area contributed by atoms with E-state index in [-0.39, 0.29) is 6.29 Å². The fraction of sp³-hybridized carbons (Fsp3) is 0.400. The number of furan rings is 1. The van der Waals surface area contributed by atoms with Gasteiger partial charge in [-0.05, 0) is 59.2 Å². The van der Waals surface area contributed by atoms with Crippen LogP contribution >= 0.6 is 0 Å². The summed E-state index contributed by atoms with van der Waals surface area (Å²) in [4.78, 5) is 11.6. The summed E-state index contributed by atoms with van der Waals surface area (Å²) in [6.45, 7) is 10.9. The summed E-state index contributed by atoms with van der Waals surface area (Å²) < 4.78 is 28.2. The van der Waals surface area contributed by atoms with Crippen molar-refractivity contribution in [2.45, 2.75) is 52.9 Å². The van der Waals surface area contributed by atoms with Crippen molar-refractivity contribution in [1.29, 1.82) is 0 Å². The SMILES string of the molecule is CCOC(C)OC(C)(C)C=CCC(C)=CCOc1c2ccoc2cc2oc(=O)ccc12. The summed E-state index contributed by atoms with van der Waals surface area (Å²) >= 11 is 0. The summed E-state index contributed by atoms with van der Waals surface area (Å²) in [6, 6.07) is 6.66. The molecule has 2 aromatic heterocycles. The Bertz CT molecular complexity index is 1130. The van der Waals surface area contributed by atoms with E-state index in [0.29, 0.717) is 30.1 Å². The van der Waals surface area contributed by atoms with Crippen LogP contribution in [0.4, 0.5) is 0 Å². The van der Waals surface area contributed by atoms with Crippen LogP contribution in [0.1, 0.15) is 41.0 Å². The van der Waals surface area contributed by atoms with Gasteiger partial charge in [-0.25, -0.2) is 4.79 Å². The third-order valence-corrected chi connectivity index (χ3v) is 4.80. The van der Waals surface area contributed by atoms with E-state index >= 15 is 0 Å². The Morgan fingerprint density at radius 3 is 2.74 bits per heavy atom. The van der Waals surface area contributed by atoms with Gasteiger partial charge >= 0.3 is 5.63 Å². The molecule has 0 aliphatic heterocycles. The van der Waals surface area contributed by atoms with Gasteiger partial charge in [0.1, 0.15) is 23.5 Å². The minimum absolute atomic E-state index is 0.250. The van der Waals surface area contributed by atoms with E-state index in [0.717, 1.165) is 17.2 Å². The molecule has 31 heavy (non-hydrogen) atoms. The largest absolute Gasteiger partial charge is 0.488 e. The molecular formula is C25H30O6. The molecule has 1 unspecified atom stereocenters. The van der Waals surface area contributed by atoms with Crippen LogP contribution in [-0.2, 0) is 9.47 Å². The summed E-state index contributed by atoms with van der Waals surface area (Å²) in [7, 11) is 0. The van der Waals surface area contributed by atoms with E-state index in [1.165, 1.54) is 11.6 Å². The second-order valence-electron chi connectivity index (χ2n) is 7.92. The molecule has 1 atom stereocenters. The average molecular weight is 427 g/mol. The third kappa shape index (κ3) is 6.09. The molecule has 0 spiro atoms. The zero-order chi connectivity index (χ0) is 22.4. The Morgan fingerprint density at radius 2 is 1.97 bits per heavy atom. The van der Waals surface area contributed by atoms with E-state index in [1.54, 1.807) is 18.4 Å². The molecule has 0 saturated heterocycles. The van der Waals surface area contributed by atoms with Crippen LogP contribution in [0, 0.1) is 0 Å². The second-order valence-corrected chi connectivity index (χ2v) is 7.92. The van der Waals surface area contributed by atoms with Crippen LogP contribution in [0.3, 0.4) is 0 Å². The minimum Gasteiger partial charge on any atom is -0.488 e. The van der Waals surface area contributed by atoms with Crippen molar-refractivity contribution in [3.8, 4) is 5.75 Å². The van der Waals surface area contributed by atoms with Crippen molar-refractivity contribution < 1.29 is 23.0 Å². The molecule has 0 saturated carbocycles. The number of fused-ring (bicyclic) bond motifs is 2. The van der Waals surface area contributed by atoms with Gasteiger partial charge in [0, 0.05) is 18.7 Å². The predicted molar refractivity (Wildman–Crippen MR) is 122 cm³/mol. The molecule has 0 aliphatic rings. The lowest BCUT2D eigenvalue weighted by Crippen LogP contribution is -2.28. The van der Waals surface area contributed by atoms with Gasteiger partial charge in [-0.1, -0.05) is 17.7 Å². The van der Waals surface area contributed by atoms with E-state index < -0.39 is 11.2 Å². The quantitative estimate of drug-likeness (QED) is 0.225. The molecule has 0 amide bonds. The van der Waals surface area contributed by atoms with Crippen molar-refractivity contribution in [2.75, 3.05) is 13.2 Å². The maximum absolute atomic E-state index is 11.6. The van der Waals surface area contributed by atoms with Gasteiger partial charge in [0.2, 0.25) is 0 Å². The highest BCUT2D eigenvalue weighted by Gasteiger charge is 2.18. The molecule has 6 heteroatoms. The topological polar surface area (TPSA) is 71.0 Å². The molecule has 0 N–H and O–H groups in total. The molecule has 166 valence electrons. The van der Waals surface area contributed by atoms with E-state index in [4.69, 9.17) is 23.0 Å². The van der Waals surface area contributed by atoms with Gasteiger partial charge in [-0.3, -0.25) is 0 Å².